The van der Waals surface area contributed by atoms with Crippen molar-refractivity contribution in [3.8, 4) is 17.4 Å². The van der Waals surface area contributed by atoms with Gasteiger partial charge in [-0.1, -0.05) is 19.1 Å². The Morgan fingerprint density at radius 1 is 0.902 bits per heavy atom. The third-order valence-corrected chi connectivity index (χ3v) is 9.80. The molecule has 3 aromatic carbocycles. The first-order chi connectivity index (χ1) is 23.9. The normalized spacial score (nSPS) is 13.9. The summed E-state index contributed by atoms with van der Waals surface area (Å²) in [6.45, 7) is 6.36. The molecule has 0 atom stereocenters. The Labute approximate surface area is 304 Å². The number of halogens is 4. The molecule has 2 aromatic heterocycles. The van der Waals surface area contributed by atoms with Gasteiger partial charge in [0.25, 0.3) is 15.9 Å². The molecule has 3 heterocycles. The van der Waals surface area contributed by atoms with Crippen molar-refractivity contribution in [1.29, 1.82) is 0 Å². The number of fused-ring (bicyclic) bond motifs is 1. The molecule has 6 rings (SSSR count). The van der Waals surface area contributed by atoms with Crippen LogP contribution in [0.25, 0.3) is 10.9 Å². The summed E-state index contributed by atoms with van der Waals surface area (Å²) in [6, 6.07) is 21.5. The minimum atomic E-state index is -4.57. The number of aryl methyl sites for hydroxylation is 1. The number of nitrogens with zero attached hydrogens (tertiary/aromatic N) is 4. The van der Waals surface area contributed by atoms with Gasteiger partial charge in [-0.3, -0.25) is 14.4 Å². The van der Waals surface area contributed by atoms with E-state index in [1.807, 2.05) is 40.8 Å². The molecule has 15 heteroatoms. The zero-order valence-electron chi connectivity index (χ0n) is 27.9. The van der Waals surface area contributed by atoms with Crippen LogP contribution in [0, 0.1) is 0 Å². The number of benzene rings is 3. The third-order valence-electron chi connectivity index (χ3n) is 8.40. The lowest BCUT2D eigenvalue weighted by Gasteiger charge is -2.34. The number of piperazine rings is 1. The van der Waals surface area contributed by atoms with Crippen LogP contribution in [0.4, 0.5) is 18.9 Å². The van der Waals surface area contributed by atoms with Crippen molar-refractivity contribution in [2.24, 2.45) is 7.05 Å². The van der Waals surface area contributed by atoms with Crippen LogP contribution in [0.1, 0.15) is 35.0 Å². The van der Waals surface area contributed by atoms with Gasteiger partial charge in [-0.05, 0) is 72.6 Å². The maximum absolute atomic E-state index is 13.6. The molecular formula is C36H37BrF3N5O5S. The van der Waals surface area contributed by atoms with Crippen LogP contribution < -0.4 is 14.2 Å². The third kappa shape index (κ3) is 9.01. The smallest absolute Gasteiger partial charge is 0.416 e. The first-order valence-corrected chi connectivity index (χ1v) is 17.5. The molecule has 1 aliphatic heterocycles. The molecule has 51 heavy (non-hydrogen) atoms. The zero-order valence-corrected chi connectivity index (χ0v) is 30.4. The summed E-state index contributed by atoms with van der Waals surface area (Å²) >= 11 is 0. The van der Waals surface area contributed by atoms with Crippen LogP contribution in [-0.2, 0) is 29.8 Å². The molecule has 1 N–H and O–H groups in total. The molecule has 0 aliphatic carbocycles. The van der Waals surface area contributed by atoms with E-state index in [9.17, 15) is 26.4 Å². The number of sulfonamides is 1. The van der Waals surface area contributed by atoms with E-state index in [1.54, 1.807) is 12.1 Å². The molecule has 1 amide bonds. The lowest BCUT2D eigenvalue weighted by atomic mass is 10.2. The fraction of sp³-hybridized carbons (Fsp3) is 0.278. The second-order valence-corrected chi connectivity index (χ2v) is 13.7. The quantitative estimate of drug-likeness (QED) is 0.148. The van der Waals surface area contributed by atoms with E-state index >= 15 is 0 Å². The van der Waals surface area contributed by atoms with Gasteiger partial charge in [-0.2, -0.15) is 13.2 Å². The number of nitrogens with one attached hydrogen (secondary N) is 1. The topological polar surface area (TPSA) is 106 Å². The monoisotopic (exact) mass is 787 g/mol. The molecule has 0 unspecified atom stereocenters. The highest BCUT2D eigenvalue weighted by atomic mass is 79.9. The number of rotatable bonds is 11. The average Bonchev–Trinajstić information content (AvgIpc) is 3.43. The van der Waals surface area contributed by atoms with Crippen LogP contribution in [0.15, 0.2) is 96.0 Å². The molecule has 0 bridgehead atoms. The second-order valence-electron chi connectivity index (χ2n) is 12.0. The highest BCUT2D eigenvalue weighted by molar-refractivity contribution is 8.93. The molecule has 0 spiro atoms. The molecule has 10 nitrogen and oxygen atoms in total. The first-order valence-electron chi connectivity index (χ1n) is 16.1. The van der Waals surface area contributed by atoms with Crippen LogP contribution in [0.2, 0.25) is 0 Å². The molecule has 1 saturated heterocycles. The summed E-state index contributed by atoms with van der Waals surface area (Å²) in [5, 5.41) is 0.870. The van der Waals surface area contributed by atoms with Crippen molar-refractivity contribution in [3.63, 3.8) is 0 Å². The number of amides is 1. The number of anilines is 1. The van der Waals surface area contributed by atoms with Gasteiger partial charge >= 0.3 is 6.18 Å². The molecule has 1 aliphatic rings. The van der Waals surface area contributed by atoms with Crippen molar-refractivity contribution in [2.75, 3.05) is 37.5 Å². The fourth-order valence-corrected chi connectivity index (χ4v) is 6.72. The standard InChI is InChI=1S/C36H36F3N5O5S.BrH/c1-3-20-48-29-10-4-25(5-11-29)24-43-16-18-44(19-17-43)35(45)33-21-26-6-12-30(22-32(26)42(33)2)49-34-15-9-28(23-40-34)41-50(46,47)31-13-7-27(8-14-31)36(37,38)39;/h4-15,21-23,41H,3,16-20,24H2,1-2H3;1H. The van der Waals surface area contributed by atoms with Crippen LogP contribution in [-0.4, -0.2) is 66.5 Å². The number of hydrogen-bond acceptors (Lipinski definition) is 7. The van der Waals surface area contributed by atoms with E-state index in [1.165, 1.54) is 23.9 Å². The van der Waals surface area contributed by atoms with Crippen molar-refractivity contribution >= 4 is 49.5 Å². The van der Waals surface area contributed by atoms with Gasteiger partial charge in [0.15, 0.2) is 0 Å². The summed E-state index contributed by atoms with van der Waals surface area (Å²) in [4.78, 5) is 21.6. The Balaban J connectivity index is 0.00000504. The Morgan fingerprint density at radius 2 is 1.59 bits per heavy atom. The number of carbonyl (C=O) groups is 1. The molecule has 5 aromatic rings. The SMILES string of the molecule is Br.CCCOc1ccc(CN2CCN(C(=O)c3cc4ccc(Oc5ccc(NS(=O)(=O)c6ccc(C(F)(F)F)cc6)cn5)cc4n3C)CC2)cc1. The van der Waals surface area contributed by atoms with E-state index in [0.717, 1.165) is 54.8 Å². The minimum Gasteiger partial charge on any atom is -0.494 e. The van der Waals surface area contributed by atoms with E-state index in [0.29, 0.717) is 43.3 Å². The Bertz CT molecular complexity index is 2070. The van der Waals surface area contributed by atoms with Crippen molar-refractivity contribution in [2.45, 2.75) is 31.0 Å². The van der Waals surface area contributed by atoms with Crippen LogP contribution in [0.5, 0.6) is 17.4 Å². The summed E-state index contributed by atoms with van der Waals surface area (Å²) in [5.74, 6) is 1.48. The zero-order chi connectivity index (χ0) is 35.5. The van der Waals surface area contributed by atoms with Crippen LogP contribution in [0.3, 0.4) is 0 Å². The van der Waals surface area contributed by atoms with Gasteiger partial charge < -0.3 is 18.9 Å². The van der Waals surface area contributed by atoms with Gasteiger partial charge in [-0.15, -0.1) is 17.0 Å². The predicted octanol–water partition coefficient (Wildman–Crippen LogP) is 7.51. The molecule has 0 saturated carbocycles. The van der Waals surface area contributed by atoms with Gasteiger partial charge in [0.05, 0.1) is 34.5 Å². The molecule has 0 radical (unpaired) electrons. The van der Waals surface area contributed by atoms with Crippen molar-refractivity contribution in [1.82, 2.24) is 19.4 Å². The highest BCUT2D eigenvalue weighted by Gasteiger charge is 2.31. The highest BCUT2D eigenvalue weighted by Crippen LogP contribution is 2.31. The summed E-state index contributed by atoms with van der Waals surface area (Å²) in [7, 11) is -2.31. The maximum Gasteiger partial charge on any atom is 0.416 e. The first kappa shape index (κ1) is 37.7. The number of aromatic nitrogens is 2. The fourth-order valence-electron chi connectivity index (χ4n) is 5.68. The van der Waals surface area contributed by atoms with Crippen molar-refractivity contribution in [3.05, 3.63) is 108 Å². The average molecular weight is 789 g/mol. The molecule has 1 fully saturated rings. The minimum absolute atomic E-state index is 0. The summed E-state index contributed by atoms with van der Waals surface area (Å²) in [6.07, 6.45) is -2.36. The van der Waals surface area contributed by atoms with E-state index in [-0.39, 0.29) is 39.4 Å². The van der Waals surface area contributed by atoms with Gasteiger partial charge in [0.2, 0.25) is 5.88 Å². The van der Waals surface area contributed by atoms with Gasteiger partial charge in [0, 0.05) is 57.3 Å². The maximum atomic E-state index is 13.6. The summed E-state index contributed by atoms with van der Waals surface area (Å²) < 4.78 is 79.6. The predicted molar refractivity (Wildman–Crippen MR) is 193 cm³/mol. The lowest BCUT2D eigenvalue weighted by Crippen LogP contribution is -2.48. The lowest BCUT2D eigenvalue weighted by molar-refractivity contribution is -0.137. The molecular weight excluding hydrogens is 751 g/mol. The second kappa shape index (κ2) is 15.7. The summed E-state index contributed by atoms with van der Waals surface area (Å²) in [5.41, 5.74) is 1.71. The van der Waals surface area contributed by atoms with Crippen molar-refractivity contribution < 1.29 is 35.9 Å². The molecule has 270 valence electrons. The van der Waals surface area contributed by atoms with Crippen LogP contribution >= 0.6 is 17.0 Å². The van der Waals surface area contributed by atoms with Gasteiger partial charge in [-0.25, -0.2) is 13.4 Å². The number of carbonyl (C=O) groups excluding carboxylic acids is 1. The van der Waals surface area contributed by atoms with Gasteiger partial charge in [0.1, 0.15) is 17.2 Å². The van der Waals surface area contributed by atoms with E-state index < -0.39 is 21.8 Å². The number of hydrogen-bond donors (Lipinski definition) is 1. The Morgan fingerprint density at radius 3 is 2.22 bits per heavy atom. The van der Waals surface area contributed by atoms with E-state index in [4.69, 9.17) is 9.47 Å². The number of ether oxygens (including phenoxy) is 2. The Hall–Kier alpha value is -4.60. The number of alkyl halides is 3. The Kier molecular flexibility index (Phi) is 11.6. The largest absolute Gasteiger partial charge is 0.494 e. The number of pyridine rings is 1. The van der Waals surface area contributed by atoms with E-state index in [2.05, 4.69) is 33.7 Å².